The first-order chi connectivity index (χ1) is 5.35. The van der Waals surface area contributed by atoms with Crippen molar-refractivity contribution in [2.45, 2.75) is 48.9 Å². The summed E-state index contributed by atoms with van der Waals surface area (Å²) in [6, 6.07) is 0. The van der Waals surface area contributed by atoms with E-state index in [9.17, 15) is 0 Å². The van der Waals surface area contributed by atoms with E-state index in [4.69, 9.17) is 0 Å². The van der Waals surface area contributed by atoms with E-state index < -0.39 is 14.3 Å². The van der Waals surface area contributed by atoms with Crippen molar-refractivity contribution in [2.75, 3.05) is 0 Å². The Morgan fingerprint density at radius 1 is 1.09 bits per heavy atom. The van der Waals surface area contributed by atoms with Crippen LogP contribution in [0.2, 0.25) is 15.8 Å². The number of hydrogen-bond donors (Lipinski definition) is 0. The minimum absolute atomic E-state index is 0.579. The maximum atomic E-state index is 3.78. The molecule has 65 valence electrons. The number of rotatable bonds is 7. The van der Waals surface area contributed by atoms with Crippen molar-refractivity contribution in [3.63, 3.8) is 0 Å². The molecule has 0 aliphatic heterocycles. The fraction of sp³-hybridized carbons (Fsp3) is 0.800. The van der Waals surface area contributed by atoms with Gasteiger partial charge in [-0.2, -0.15) is 0 Å². The van der Waals surface area contributed by atoms with Crippen LogP contribution in [-0.4, -0.2) is 14.3 Å². The molecule has 1 heteroatoms. The zero-order chi connectivity index (χ0) is 8.53. The molecule has 0 rings (SSSR count). The van der Waals surface area contributed by atoms with Crippen molar-refractivity contribution in [3.8, 4) is 0 Å². The molecule has 0 saturated carbocycles. The molecule has 0 bridgehead atoms. The van der Waals surface area contributed by atoms with E-state index in [1.165, 1.54) is 24.5 Å². The van der Waals surface area contributed by atoms with Crippen LogP contribution in [0.3, 0.4) is 0 Å². The van der Waals surface area contributed by atoms with E-state index in [-0.39, 0.29) is 0 Å². The zero-order valence-corrected chi connectivity index (χ0v) is 10.1. The Balaban J connectivity index is 3.41. The van der Waals surface area contributed by atoms with Gasteiger partial charge in [-0.05, 0) is 0 Å². The molecule has 11 heavy (non-hydrogen) atoms. The third-order valence-electron chi connectivity index (χ3n) is 1.91. The Bertz CT molecular complexity index is 82.9. The SMILES string of the molecule is C=CC[CH2][Ge]([CH2]CC)[CH2]CC. The molecule has 0 spiro atoms. The van der Waals surface area contributed by atoms with E-state index >= 15 is 0 Å². The molecule has 0 unspecified atom stereocenters. The second kappa shape index (κ2) is 8.38. The van der Waals surface area contributed by atoms with Crippen molar-refractivity contribution >= 4 is 14.3 Å². The third kappa shape index (κ3) is 6.67. The normalized spacial score (nSPS) is 10.5. The van der Waals surface area contributed by atoms with Gasteiger partial charge in [-0.1, -0.05) is 0 Å². The maximum absolute atomic E-state index is 3.78. The summed E-state index contributed by atoms with van der Waals surface area (Å²) in [5, 5.41) is 4.66. The molecular weight excluding hydrogens is 193 g/mol. The third-order valence-corrected chi connectivity index (χ3v) is 9.06. The van der Waals surface area contributed by atoms with Crippen LogP contribution >= 0.6 is 0 Å². The van der Waals surface area contributed by atoms with Crippen LogP contribution in [0.15, 0.2) is 12.7 Å². The van der Waals surface area contributed by atoms with Crippen LogP contribution in [0.5, 0.6) is 0 Å². The Morgan fingerprint density at radius 3 is 2.00 bits per heavy atom. The Labute approximate surface area is 76.2 Å². The first-order valence-corrected chi connectivity index (χ1v) is 9.24. The van der Waals surface area contributed by atoms with Gasteiger partial charge in [0.05, 0.1) is 0 Å². The molecule has 0 amide bonds. The van der Waals surface area contributed by atoms with E-state index in [1.807, 2.05) is 0 Å². The molecule has 0 aromatic carbocycles. The second-order valence-electron chi connectivity index (χ2n) is 3.08. The van der Waals surface area contributed by atoms with Crippen molar-refractivity contribution < 1.29 is 0 Å². The minimum atomic E-state index is -0.579. The van der Waals surface area contributed by atoms with Gasteiger partial charge >= 0.3 is 75.9 Å². The van der Waals surface area contributed by atoms with Crippen molar-refractivity contribution in [1.82, 2.24) is 0 Å². The molecule has 0 atom stereocenters. The van der Waals surface area contributed by atoms with Crippen LogP contribution < -0.4 is 0 Å². The average Bonchev–Trinajstić information content (AvgIpc) is 2.01. The molecule has 0 N–H and O–H groups in total. The first-order valence-electron chi connectivity index (χ1n) is 4.79. The van der Waals surface area contributed by atoms with Crippen LogP contribution in [0.1, 0.15) is 33.1 Å². The molecular formula is C10H21Ge. The van der Waals surface area contributed by atoms with Crippen LogP contribution in [0.4, 0.5) is 0 Å². The topological polar surface area (TPSA) is 0 Å². The van der Waals surface area contributed by atoms with E-state index in [2.05, 4.69) is 26.5 Å². The summed E-state index contributed by atoms with van der Waals surface area (Å²) in [5.74, 6) is 0. The molecule has 0 heterocycles. The number of allylic oxidation sites excluding steroid dienone is 1. The van der Waals surface area contributed by atoms with Gasteiger partial charge in [0.15, 0.2) is 0 Å². The van der Waals surface area contributed by atoms with Gasteiger partial charge in [0.1, 0.15) is 0 Å². The predicted octanol–water partition coefficient (Wildman–Crippen LogP) is 3.88. The standard InChI is InChI=1S/C10H21Ge/c1-4-7-10-11(8-5-2)9-6-3/h4H,1,5-10H2,2-3H3. The molecule has 1 radical (unpaired) electrons. The van der Waals surface area contributed by atoms with Crippen LogP contribution in [0, 0.1) is 0 Å². The van der Waals surface area contributed by atoms with Gasteiger partial charge in [0, 0.05) is 0 Å². The molecule has 0 aromatic rings. The van der Waals surface area contributed by atoms with Crippen molar-refractivity contribution in [3.05, 3.63) is 12.7 Å². The summed E-state index contributed by atoms with van der Waals surface area (Å²) in [4.78, 5) is 0. The summed E-state index contributed by atoms with van der Waals surface area (Å²) in [7, 11) is 0. The van der Waals surface area contributed by atoms with E-state index in [0.29, 0.717) is 0 Å². The molecule has 0 saturated heterocycles. The molecule has 0 aliphatic carbocycles. The molecule has 0 fully saturated rings. The zero-order valence-electron chi connectivity index (χ0n) is 8.03. The van der Waals surface area contributed by atoms with Gasteiger partial charge < -0.3 is 0 Å². The quantitative estimate of drug-likeness (QED) is 0.445. The Hall–Kier alpha value is 0.283. The predicted molar refractivity (Wildman–Crippen MR) is 55.6 cm³/mol. The average molecular weight is 214 g/mol. The van der Waals surface area contributed by atoms with Gasteiger partial charge in [0.25, 0.3) is 0 Å². The van der Waals surface area contributed by atoms with E-state index in [0.717, 1.165) is 0 Å². The summed E-state index contributed by atoms with van der Waals surface area (Å²) < 4.78 is 0. The molecule has 0 nitrogen and oxygen atoms in total. The van der Waals surface area contributed by atoms with Gasteiger partial charge in [-0.15, -0.1) is 0 Å². The van der Waals surface area contributed by atoms with Crippen LogP contribution in [-0.2, 0) is 0 Å². The summed E-state index contributed by atoms with van der Waals surface area (Å²) in [6.45, 7) is 8.41. The Kier molecular flexibility index (Phi) is 8.60. The van der Waals surface area contributed by atoms with Crippen molar-refractivity contribution in [2.24, 2.45) is 0 Å². The fourth-order valence-electron chi connectivity index (χ4n) is 1.39. The summed E-state index contributed by atoms with van der Waals surface area (Å²) in [6.07, 6.45) is 6.17. The summed E-state index contributed by atoms with van der Waals surface area (Å²) in [5.41, 5.74) is 0. The van der Waals surface area contributed by atoms with Gasteiger partial charge in [-0.3, -0.25) is 0 Å². The van der Waals surface area contributed by atoms with Crippen LogP contribution in [0.25, 0.3) is 0 Å². The fourth-order valence-corrected chi connectivity index (χ4v) is 7.21. The monoisotopic (exact) mass is 215 g/mol. The number of hydrogen-bond acceptors (Lipinski definition) is 0. The molecule has 0 aromatic heterocycles. The van der Waals surface area contributed by atoms with Gasteiger partial charge in [-0.25, -0.2) is 0 Å². The Morgan fingerprint density at radius 2 is 1.64 bits per heavy atom. The second-order valence-corrected chi connectivity index (χ2v) is 9.37. The van der Waals surface area contributed by atoms with Gasteiger partial charge in [0.2, 0.25) is 0 Å². The first kappa shape index (κ1) is 11.3. The summed E-state index contributed by atoms with van der Waals surface area (Å²) >= 11 is -0.579. The van der Waals surface area contributed by atoms with E-state index in [1.54, 1.807) is 10.5 Å². The van der Waals surface area contributed by atoms with Crippen molar-refractivity contribution in [1.29, 1.82) is 0 Å². The molecule has 0 aliphatic rings.